The maximum absolute atomic E-state index is 12.6. The molecule has 1 fully saturated rings. The molecule has 2 heterocycles. The van der Waals surface area contributed by atoms with Gasteiger partial charge in [0.05, 0.1) is 18.2 Å². The number of rotatable bonds is 7. The van der Waals surface area contributed by atoms with Gasteiger partial charge in [-0.1, -0.05) is 13.8 Å². The van der Waals surface area contributed by atoms with Crippen LogP contribution in [0.3, 0.4) is 0 Å². The second kappa shape index (κ2) is 10.2. The molecular weight excluding hydrogens is 379 g/mol. The molecule has 1 aromatic rings. The maximum Gasteiger partial charge on any atom is 0.434 e. The summed E-state index contributed by atoms with van der Waals surface area (Å²) in [6, 6.07) is 0.362. The number of hydrogen-bond donors (Lipinski definition) is 2. The van der Waals surface area contributed by atoms with E-state index in [0.29, 0.717) is 35.9 Å². The van der Waals surface area contributed by atoms with Crippen LogP contribution < -0.4 is 10.6 Å². The van der Waals surface area contributed by atoms with Crippen molar-refractivity contribution < 1.29 is 17.9 Å². The van der Waals surface area contributed by atoms with Crippen LogP contribution in [0.4, 0.5) is 13.2 Å². The van der Waals surface area contributed by atoms with Crippen molar-refractivity contribution >= 4 is 17.3 Å². The van der Waals surface area contributed by atoms with Gasteiger partial charge < -0.3 is 15.4 Å². The van der Waals surface area contributed by atoms with Crippen LogP contribution in [0.2, 0.25) is 0 Å². The number of nitrogens with zero attached hydrogens (tertiary/aromatic N) is 3. The van der Waals surface area contributed by atoms with Crippen LogP contribution in [0.15, 0.2) is 10.4 Å². The predicted molar refractivity (Wildman–Crippen MR) is 101 cm³/mol. The SMILES string of the molecule is CN=C(NCCc1nc(C(F)(F)F)cs1)NCC(C(C)C)N1CCOCC1. The summed E-state index contributed by atoms with van der Waals surface area (Å²) in [6.07, 6.45) is -3.97. The van der Waals surface area contributed by atoms with Crippen molar-refractivity contribution in [1.82, 2.24) is 20.5 Å². The van der Waals surface area contributed by atoms with E-state index in [2.05, 4.69) is 39.4 Å². The number of ether oxygens (including phenoxy) is 1. The fourth-order valence-electron chi connectivity index (χ4n) is 2.96. The molecule has 1 aliphatic heterocycles. The quantitative estimate of drug-likeness (QED) is 0.536. The minimum Gasteiger partial charge on any atom is -0.379 e. The van der Waals surface area contributed by atoms with Crippen molar-refractivity contribution in [3.8, 4) is 0 Å². The smallest absolute Gasteiger partial charge is 0.379 e. The Morgan fingerprint density at radius 3 is 2.59 bits per heavy atom. The number of alkyl halides is 3. The van der Waals surface area contributed by atoms with Gasteiger partial charge in [0.15, 0.2) is 11.7 Å². The van der Waals surface area contributed by atoms with E-state index in [0.717, 1.165) is 49.6 Å². The number of hydrogen-bond acceptors (Lipinski definition) is 5. The molecule has 0 aliphatic carbocycles. The standard InChI is InChI=1S/C17H28F3N5OS/c1-12(2)13(25-6-8-26-9-7-25)10-23-16(21-3)22-5-4-15-24-14(11-27-15)17(18,19)20/h11-13H,4-10H2,1-3H3,(H2,21,22,23). The number of nitrogens with one attached hydrogen (secondary N) is 2. The lowest BCUT2D eigenvalue weighted by atomic mass is 10.0. The normalized spacial score (nSPS) is 18.0. The molecule has 1 atom stereocenters. The third-order valence-corrected chi connectivity index (χ3v) is 5.37. The minimum absolute atomic E-state index is 0.362. The Labute approximate surface area is 162 Å². The molecule has 1 saturated heterocycles. The average Bonchev–Trinajstić information content (AvgIpc) is 3.10. The Balaban J connectivity index is 1.78. The van der Waals surface area contributed by atoms with Crippen LogP contribution in [0.5, 0.6) is 0 Å². The Hall–Kier alpha value is -1.39. The van der Waals surface area contributed by atoms with Crippen LogP contribution in [-0.4, -0.2) is 68.3 Å². The van der Waals surface area contributed by atoms with Gasteiger partial charge in [0, 0.05) is 51.1 Å². The van der Waals surface area contributed by atoms with E-state index in [9.17, 15) is 13.2 Å². The fraction of sp³-hybridized carbons (Fsp3) is 0.765. The van der Waals surface area contributed by atoms with Crippen LogP contribution in [0, 0.1) is 5.92 Å². The third kappa shape index (κ3) is 6.93. The number of aromatic nitrogens is 1. The summed E-state index contributed by atoms with van der Waals surface area (Å²) < 4.78 is 43.2. The van der Waals surface area contributed by atoms with Gasteiger partial charge in [0.2, 0.25) is 0 Å². The highest BCUT2D eigenvalue weighted by Crippen LogP contribution is 2.29. The van der Waals surface area contributed by atoms with E-state index >= 15 is 0 Å². The topological polar surface area (TPSA) is 61.8 Å². The molecule has 1 unspecified atom stereocenters. The predicted octanol–water partition coefficient (Wildman–Crippen LogP) is 2.23. The summed E-state index contributed by atoms with van der Waals surface area (Å²) >= 11 is 1.03. The summed E-state index contributed by atoms with van der Waals surface area (Å²) in [7, 11) is 1.68. The number of thiazole rings is 1. The largest absolute Gasteiger partial charge is 0.434 e. The van der Waals surface area contributed by atoms with Crippen molar-refractivity contribution in [2.45, 2.75) is 32.5 Å². The summed E-state index contributed by atoms with van der Waals surface area (Å²) in [5.41, 5.74) is -0.824. The lowest BCUT2D eigenvalue weighted by molar-refractivity contribution is -0.140. The first-order valence-electron chi connectivity index (χ1n) is 9.09. The molecule has 0 spiro atoms. The van der Waals surface area contributed by atoms with E-state index in [-0.39, 0.29) is 0 Å². The molecule has 1 aliphatic rings. The molecule has 0 aromatic carbocycles. The molecule has 154 valence electrons. The highest BCUT2D eigenvalue weighted by atomic mass is 32.1. The number of guanidine groups is 1. The van der Waals surface area contributed by atoms with Crippen LogP contribution in [0.25, 0.3) is 0 Å². The summed E-state index contributed by atoms with van der Waals surface area (Å²) in [5.74, 6) is 1.12. The van der Waals surface area contributed by atoms with Gasteiger partial charge in [-0.15, -0.1) is 11.3 Å². The maximum atomic E-state index is 12.6. The van der Waals surface area contributed by atoms with Crippen molar-refractivity contribution in [2.24, 2.45) is 10.9 Å². The molecule has 0 bridgehead atoms. The minimum atomic E-state index is -4.38. The second-order valence-electron chi connectivity index (χ2n) is 6.71. The summed E-state index contributed by atoms with van der Waals surface area (Å²) in [6.45, 7) is 8.94. The van der Waals surface area contributed by atoms with Crippen LogP contribution in [0.1, 0.15) is 24.5 Å². The Morgan fingerprint density at radius 1 is 1.33 bits per heavy atom. The van der Waals surface area contributed by atoms with Crippen molar-refractivity contribution in [3.63, 3.8) is 0 Å². The zero-order valence-electron chi connectivity index (χ0n) is 16.0. The van der Waals surface area contributed by atoms with Gasteiger partial charge in [-0.05, 0) is 5.92 Å². The van der Waals surface area contributed by atoms with Crippen molar-refractivity contribution in [2.75, 3.05) is 46.4 Å². The van der Waals surface area contributed by atoms with Gasteiger partial charge >= 0.3 is 6.18 Å². The van der Waals surface area contributed by atoms with E-state index in [4.69, 9.17) is 4.74 Å². The Morgan fingerprint density at radius 2 is 2.04 bits per heavy atom. The lowest BCUT2D eigenvalue weighted by Gasteiger charge is -2.37. The molecule has 1 aromatic heterocycles. The molecule has 27 heavy (non-hydrogen) atoms. The van der Waals surface area contributed by atoms with Gasteiger partial charge in [-0.25, -0.2) is 4.98 Å². The lowest BCUT2D eigenvalue weighted by Crippen LogP contribution is -2.52. The number of morpholine rings is 1. The van der Waals surface area contributed by atoms with Gasteiger partial charge in [-0.2, -0.15) is 13.2 Å². The number of halogens is 3. The highest BCUT2D eigenvalue weighted by Gasteiger charge is 2.33. The molecule has 2 N–H and O–H groups in total. The zero-order valence-corrected chi connectivity index (χ0v) is 16.8. The monoisotopic (exact) mass is 407 g/mol. The van der Waals surface area contributed by atoms with Crippen molar-refractivity contribution in [1.29, 1.82) is 0 Å². The van der Waals surface area contributed by atoms with Crippen LogP contribution >= 0.6 is 11.3 Å². The number of aliphatic imine (C=N–C) groups is 1. The van der Waals surface area contributed by atoms with Gasteiger partial charge in [0.25, 0.3) is 0 Å². The second-order valence-corrected chi connectivity index (χ2v) is 7.66. The first-order chi connectivity index (χ1) is 12.8. The summed E-state index contributed by atoms with van der Waals surface area (Å²) in [4.78, 5) is 10.3. The fourth-order valence-corrected chi connectivity index (χ4v) is 3.77. The molecule has 0 amide bonds. The molecule has 0 saturated carbocycles. The third-order valence-electron chi connectivity index (χ3n) is 4.46. The van der Waals surface area contributed by atoms with Crippen molar-refractivity contribution in [3.05, 3.63) is 16.1 Å². The van der Waals surface area contributed by atoms with E-state index < -0.39 is 11.9 Å². The molecule has 6 nitrogen and oxygen atoms in total. The molecule has 10 heteroatoms. The van der Waals surface area contributed by atoms with Crippen LogP contribution in [-0.2, 0) is 17.3 Å². The molecule has 0 radical (unpaired) electrons. The van der Waals surface area contributed by atoms with E-state index in [1.807, 2.05) is 0 Å². The van der Waals surface area contributed by atoms with Gasteiger partial charge in [0.1, 0.15) is 0 Å². The molecular formula is C17H28F3N5OS. The summed E-state index contributed by atoms with van der Waals surface area (Å²) in [5, 5.41) is 7.98. The Kier molecular flexibility index (Phi) is 8.30. The Bertz CT molecular complexity index is 600. The first-order valence-corrected chi connectivity index (χ1v) is 9.97. The zero-order chi connectivity index (χ0) is 19.9. The molecule has 2 rings (SSSR count). The first kappa shape index (κ1) is 21.9. The van der Waals surface area contributed by atoms with E-state index in [1.54, 1.807) is 7.05 Å². The highest BCUT2D eigenvalue weighted by molar-refractivity contribution is 7.09. The van der Waals surface area contributed by atoms with Gasteiger partial charge in [-0.3, -0.25) is 9.89 Å². The van der Waals surface area contributed by atoms with E-state index in [1.165, 1.54) is 0 Å². The average molecular weight is 408 g/mol.